The summed E-state index contributed by atoms with van der Waals surface area (Å²) in [6.07, 6.45) is 9.53. The summed E-state index contributed by atoms with van der Waals surface area (Å²) in [6, 6.07) is 9.85. The Kier molecular flexibility index (Phi) is 13.9. The van der Waals surface area contributed by atoms with E-state index in [9.17, 15) is 4.79 Å². The van der Waals surface area contributed by atoms with Crippen LogP contribution in [-0.4, -0.2) is 54.8 Å². The summed E-state index contributed by atoms with van der Waals surface area (Å²) in [4.78, 5) is 18.2. The third-order valence-corrected chi connectivity index (χ3v) is 5.94. The maximum absolute atomic E-state index is 10.7. The van der Waals surface area contributed by atoms with E-state index in [4.69, 9.17) is 9.84 Å². The summed E-state index contributed by atoms with van der Waals surface area (Å²) >= 11 is 1.59. The summed E-state index contributed by atoms with van der Waals surface area (Å²) in [5, 5.41) is 12.1. The molecule has 1 aliphatic rings. The molecule has 0 unspecified atom stereocenters. The lowest BCUT2D eigenvalue weighted by molar-refractivity contribution is -0.131. The Hall–Kier alpha value is -3.19. The van der Waals surface area contributed by atoms with Gasteiger partial charge in [0.2, 0.25) is 0 Å². The van der Waals surface area contributed by atoms with Gasteiger partial charge in [0.1, 0.15) is 11.6 Å². The van der Waals surface area contributed by atoms with Gasteiger partial charge in [-0.1, -0.05) is 43.8 Å². The second kappa shape index (κ2) is 16.4. The van der Waals surface area contributed by atoms with Gasteiger partial charge in [0.15, 0.2) is 0 Å². The lowest BCUT2D eigenvalue weighted by Crippen LogP contribution is -2.28. The van der Waals surface area contributed by atoms with Crippen molar-refractivity contribution in [2.75, 3.05) is 33.0 Å². The van der Waals surface area contributed by atoms with Gasteiger partial charge in [-0.05, 0) is 50.1 Å². The molecule has 1 aliphatic heterocycles. The molecule has 0 saturated heterocycles. The number of methoxy groups -OCH3 is 1. The summed E-state index contributed by atoms with van der Waals surface area (Å²) in [7, 11) is 3.74. The van der Waals surface area contributed by atoms with Crippen molar-refractivity contribution >= 4 is 29.3 Å². The van der Waals surface area contributed by atoms with E-state index in [2.05, 4.69) is 48.8 Å². The minimum Gasteiger partial charge on any atom is -0.497 e. The molecule has 0 atom stereocenters. The first-order chi connectivity index (χ1) is 16.4. The molecule has 0 amide bonds. The molecule has 0 aromatic heterocycles. The number of nitrogens with one attached hydrogen (secondary N) is 1. The van der Waals surface area contributed by atoms with Crippen molar-refractivity contribution in [1.29, 1.82) is 0 Å². The van der Waals surface area contributed by atoms with Gasteiger partial charge in [-0.3, -0.25) is 4.99 Å². The molecule has 0 fully saturated rings. The Morgan fingerprint density at radius 3 is 2.50 bits per heavy atom. The van der Waals surface area contributed by atoms with Gasteiger partial charge in [0.05, 0.1) is 18.6 Å². The average molecular weight is 484 g/mol. The molecule has 0 spiro atoms. The molecule has 34 heavy (non-hydrogen) atoms. The van der Waals surface area contributed by atoms with Crippen molar-refractivity contribution in [3.63, 3.8) is 0 Å². The highest BCUT2D eigenvalue weighted by molar-refractivity contribution is 8.04. The van der Waals surface area contributed by atoms with Gasteiger partial charge in [0.25, 0.3) is 0 Å². The fourth-order valence-corrected chi connectivity index (χ4v) is 3.88. The highest BCUT2D eigenvalue weighted by Crippen LogP contribution is 2.30. The first-order valence-corrected chi connectivity index (χ1v) is 12.3. The molecule has 0 radical (unpaired) electrons. The Morgan fingerprint density at radius 2 is 1.97 bits per heavy atom. The van der Waals surface area contributed by atoms with E-state index < -0.39 is 5.97 Å². The number of rotatable bonds is 10. The lowest BCUT2D eigenvalue weighted by atomic mass is 10.1. The third-order valence-electron chi connectivity index (χ3n) is 4.87. The molecule has 0 saturated carbocycles. The number of allylic oxidation sites excluding steroid dienone is 5. The fraction of sp³-hybridized carbons (Fsp3) is 0.333. The number of carboxylic acids is 1. The lowest BCUT2D eigenvalue weighted by Gasteiger charge is -2.22. The van der Waals surface area contributed by atoms with Crippen LogP contribution in [0.15, 0.2) is 88.6 Å². The number of thioether (sulfide) groups is 1. The molecule has 1 heterocycles. The van der Waals surface area contributed by atoms with Gasteiger partial charge in [0, 0.05) is 36.8 Å². The zero-order valence-corrected chi connectivity index (χ0v) is 21.7. The summed E-state index contributed by atoms with van der Waals surface area (Å²) in [6.45, 7) is 11.7. The van der Waals surface area contributed by atoms with Crippen molar-refractivity contribution < 1.29 is 14.6 Å². The van der Waals surface area contributed by atoms with Gasteiger partial charge in [-0.2, -0.15) is 0 Å². The van der Waals surface area contributed by atoms with E-state index in [1.807, 2.05) is 43.3 Å². The maximum Gasteiger partial charge on any atom is 0.328 e. The van der Waals surface area contributed by atoms with Crippen molar-refractivity contribution in [2.24, 2.45) is 4.99 Å². The topological polar surface area (TPSA) is 74.2 Å². The Bertz CT molecular complexity index is 947. The summed E-state index contributed by atoms with van der Waals surface area (Å²) < 4.78 is 5.09. The van der Waals surface area contributed by atoms with Crippen molar-refractivity contribution in [1.82, 2.24) is 10.2 Å². The van der Waals surface area contributed by atoms with Gasteiger partial charge in [-0.25, -0.2) is 4.79 Å². The van der Waals surface area contributed by atoms with E-state index in [0.29, 0.717) is 0 Å². The van der Waals surface area contributed by atoms with E-state index in [1.165, 1.54) is 5.70 Å². The molecule has 2 rings (SSSR count). The number of hydrogen-bond acceptors (Lipinski definition) is 5. The number of nitrogens with zero attached hydrogens (tertiary/aromatic N) is 2. The van der Waals surface area contributed by atoms with Crippen LogP contribution in [0.5, 0.6) is 0 Å². The second-order valence-electron chi connectivity index (χ2n) is 7.11. The largest absolute Gasteiger partial charge is 0.497 e. The van der Waals surface area contributed by atoms with Crippen LogP contribution in [0.25, 0.3) is 5.70 Å². The molecule has 2 N–H and O–H groups in total. The molecule has 1 aromatic rings. The van der Waals surface area contributed by atoms with Gasteiger partial charge in [-0.15, -0.1) is 11.8 Å². The quantitative estimate of drug-likeness (QED) is 0.253. The van der Waals surface area contributed by atoms with E-state index in [0.717, 1.165) is 59.1 Å². The number of aliphatic carboxylic acids is 1. The predicted molar refractivity (Wildman–Crippen MR) is 146 cm³/mol. The Labute approximate surface area is 208 Å². The molecule has 184 valence electrons. The van der Waals surface area contributed by atoms with Crippen molar-refractivity contribution in [3.8, 4) is 0 Å². The van der Waals surface area contributed by atoms with Crippen LogP contribution in [0, 0.1) is 0 Å². The zero-order valence-electron chi connectivity index (χ0n) is 20.9. The van der Waals surface area contributed by atoms with Crippen LogP contribution >= 0.6 is 11.8 Å². The third kappa shape index (κ3) is 10.2. The van der Waals surface area contributed by atoms with Crippen molar-refractivity contribution in [3.05, 3.63) is 89.2 Å². The van der Waals surface area contributed by atoms with Crippen LogP contribution < -0.4 is 5.32 Å². The van der Waals surface area contributed by atoms with Gasteiger partial charge >= 0.3 is 5.97 Å². The smallest absolute Gasteiger partial charge is 0.328 e. The number of amidine groups is 1. The van der Waals surface area contributed by atoms with E-state index in [-0.39, 0.29) is 0 Å². The molecule has 0 aliphatic carbocycles. The predicted octanol–water partition coefficient (Wildman–Crippen LogP) is 5.70. The normalized spacial score (nSPS) is 15.5. The van der Waals surface area contributed by atoms with Crippen LogP contribution in [0.2, 0.25) is 0 Å². The van der Waals surface area contributed by atoms with E-state index >= 15 is 0 Å². The number of hydrogen-bond donors (Lipinski definition) is 2. The Morgan fingerprint density at radius 1 is 1.26 bits per heavy atom. The van der Waals surface area contributed by atoms with Crippen LogP contribution in [0.1, 0.15) is 32.8 Å². The average Bonchev–Trinajstić information content (AvgIpc) is 2.86. The minimum atomic E-state index is -0.946. The molecule has 7 heteroatoms. The summed E-state index contributed by atoms with van der Waals surface area (Å²) in [5.41, 5.74) is 3.23. The highest BCUT2D eigenvalue weighted by Gasteiger charge is 2.17. The number of carboxylic acid groups (broad SMARTS) is 1. The number of ether oxygens (including phenoxy) is 1. The fourth-order valence-electron chi connectivity index (χ4n) is 2.95. The first-order valence-electron chi connectivity index (χ1n) is 11.3. The molecular formula is C27H37N3O3S. The number of aliphatic imine (C=N–C) groups is 1. The first kappa shape index (κ1) is 28.8. The van der Waals surface area contributed by atoms with Gasteiger partial charge < -0.3 is 20.1 Å². The maximum atomic E-state index is 10.7. The van der Waals surface area contributed by atoms with Crippen LogP contribution in [0.4, 0.5) is 0 Å². The summed E-state index contributed by atoms with van der Waals surface area (Å²) in [5.74, 6) is 1.49. The molecule has 0 bridgehead atoms. The monoisotopic (exact) mass is 483 g/mol. The highest BCUT2D eigenvalue weighted by atomic mass is 32.2. The van der Waals surface area contributed by atoms with Crippen molar-refractivity contribution in [2.45, 2.75) is 27.2 Å². The molecule has 1 aromatic carbocycles. The Balaban J connectivity index is 0.000000365. The SMILES string of the molecule is C=C/C(=C\C=C(/CC)N(C)CC)OC.CCN=C1CSC(/C=C/C(=O)O)=C(c2ccccc2)N1. The zero-order chi connectivity index (χ0) is 25.3. The van der Waals surface area contributed by atoms with Crippen LogP contribution in [0.3, 0.4) is 0 Å². The standard InChI is InChI=1S/C15H16N2O2S.C12H21NO/c1-2-16-13-10-20-12(8-9-14(18)19)15(17-13)11-6-4-3-5-7-11;1-6-11(13(4)8-3)9-10-12(7-2)14-5/h3-9H,2,10H2,1H3,(H,16,17)(H,18,19);7,9-10H,2,6,8H2,1,3-5H3/b9-8+;11-9+,12-10+. The molecule has 6 nitrogen and oxygen atoms in total. The molecular weight excluding hydrogens is 446 g/mol. The van der Waals surface area contributed by atoms with Crippen LogP contribution in [-0.2, 0) is 9.53 Å². The second-order valence-corrected chi connectivity index (χ2v) is 8.13. The van der Waals surface area contributed by atoms with E-state index in [1.54, 1.807) is 31.0 Å². The number of benzene rings is 1. The minimum absolute atomic E-state index is 0.726. The number of carbonyl (C=O) groups is 1.